The van der Waals surface area contributed by atoms with Gasteiger partial charge in [-0.05, 0) is 24.3 Å². The minimum Gasteiger partial charge on any atom is -0.397 e. The monoisotopic (exact) mass is 242 g/mol. The highest BCUT2D eigenvalue weighted by Gasteiger charge is 2.01. The van der Waals surface area contributed by atoms with Crippen molar-refractivity contribution in [1.82, 2.24) is 5.43 Å². The number of hydrogen-bond donors (Lipinski definition) is 4. The van der Waals surface area contributed by atoms with Gasteiger partial charge in [-0.3, -0.25) is 10.9 Å². The molecule has 0 spiro atoms. The quantitative estimate of drug-likeness (QED) is 0.493. The lowest BCUT2D eigenvalue weighted by atomic mass is 10.3. The molecule has 5 nitrogen and oxygen atoms in total. The lowest BCUT2D eigenvalue weighted by molar-refractivity contribution is 0.254. The van der Waals surface area contributed by atoms with Crippen LogP contribution in [0.5, 0.6) is 0 Å². The summed E-state index contributed by atoms with van der Waals surface area (Å²) in [6.07, 6.45) is 0. The summed E-state index contributed by atoms with van der Waals surface area (Å²) in [6, 6.07) is 16.0. The number of para-hydroxylation sites is 3. The molecule has 2 aromatic rings. The zero-order valence-electron chi connectivity index (χ0n) is 9.68. The van der Waals surface area contributed by atoms with Gasteiger partial charge in [0.25, 0.3) is 0 Å². The molecule has 0 unspecified atom stereocenters. The number of amides is 2. The zero-order chi connectivity index (χ0) is 12.8. The molecule has 0 aliphatic carbocycles. The van der Waals surface area contributed by atoms with Crippen molar-refractivity contribution in [3.8, 4) is 0 Å². The summed E-state index contributed by atoms with van der Waals surface area (Å²) >= 11 is 0. The van der Waals surface area contributed by atoms with Crippen molar-refractivity contribution in [2.75, 3.05) is 16.5 Å². The van der Waals surface area contributed by atoms with Crippen LogP contribution in [-0.4, -0.2) is 6.03 Å². The van der Waals surface area contributed by atoms with Gasteiger partial charge in [0, 0.05) is 5.69 Å². The number of anilines is 3. The second-order valence-electron chi connectivity index (χ2n) is 3.66. The van der Waals surface area contributed by atoms with Crippen LogP contribution >= 0.6 is 0 Å². The molecule has 0 saturated heterocycles. The highest BCUT2D eigenvalue weighted by Crippen LogP contribution is 2.15. The van der Waals surface area contributed by atoms with Crippen molar-refractivity contribution in [1.29, 1.82) is 0 Å². The smallest absolute Gasteiger partial charge is 0.337 e. The summed E-state index contributed by atoms with van der Waals surface area (Å²) in [5.74, 6) is 0. The molecule has 0 heterocycles. The molecule has 2 rings (SSSR count). The molecule has 0 aliphatic heterocycles. The number of carbonyl (C=O) groups excluding carboxylic acids is 1. The molecule has 5 N–H and O–H groups in total. The summed E-state index contributed by atoms with van der Waals surface area (Å²) in [4.78, 5) is 11.6. The largest absolute Gasteiger partial charge is 0.397 e. The third kappa shape index (κ3) is 3.15. The number of urea groups is 1. The lowest BCUT2D eigenvalue weighted by Crippen LogP contribution is -2.33. The van der Waals surface area contributed by atoms with E-state index in [4.69, 9.17) is 5.73 Å². The number of hydrazine groups is 1. The van der Waals surface area contributed by atoms with Gasteiger partial charge in [0.05, 0.1) is 11.4 Å². The van der Waals surface area contributed by atoms with E-state index in [0.29, 0.717) is 11.4 Å². The minimum atomic E-state index is -0.357. The molecule has 0 saturated carbocycles. The van der Waals surface area contributed by atoms with Crippen molar-refractivity contribution in [3.63, 3.8) is 0 Å². The molecule has 2 aromatic carbocycles. The predicted octanol–water partition coefficient (Wildman–Crippen LogP) is 2.42. The molecule has 92 valence electrons. The maximum atomic E-state index is 11.6. The van der Waals surface area contributed by atoms with Crippen LogP contribution in [0.3, 0.4) is 0 Å². The Hall–Kier alpha value is -2.69. The van der Waals surface area contributed by atoms with Crippen LogP contribution in [-0.2, 0) is 0 Å². The van der Waals surface area contributed by atoms with Crippen LogP contribution < -0.4 is 21.9 Å². The van der Waals surface area contributed by atoms with Crippen LogP contribution in [0.25, 0.3) is 0 Å². The van der Waals surface area contributed by atoms with E-state index in [0.717, 1.165) is 5.69 Å². The molecular weight excluding hydrogens is 228 g/mol. The van der Waals surface area contributed by atoms with Gasteiger partial charge in [0.15, 0.2) is 0 Å². The predicted molar refractivity (Wildman–Crippen MR) is 73.1 cm³/mol. The number of nitrogens with two attached hydrogens (primary N) is 1. The first-order valence-electron chi connectivity index (χ1n) is 5.48. The molecule has 0 aliphatic rings. The average Bonchev–Trinajstić information content (AvgIpc) is 2.39. The summed E-state index contributed by atoms with van der Waals surface area (Å²) in [5, 5.41) is 2.68. The van der Waals surface area contributed by atoms with E-state index >= 15 is 0 Å². The van der Waals surface area contributed by atoms with E-state index in [1.165, 1.54) is 0 Å². The van der Waals surface area contributed by atoms with Crippen molar-refractivity contribution in [2.45, 2.75) is 0 Å². The van der Waals surface area contributed by atoms with Gasteiger partial charge in [-0.1, -0.05) is 30.3 Å². The van der Waals surface area contributed by atoms with Gasteiger partial charge in [-0.2, -0.15) is 0 Å². The molecule has 0 bridgehead atoms. The molecule has 0 aromatic heterocycles. The van der Waals surface area contributed by atoms with Gasteiger partial charge in [-0.15, -0.1) is 0 Å². The number of nitrogens with one attached hydrogen (secondary N) is 3. The molecule has 18 heavy (non-hydrogen) atoms. The molecule has 0 atom stereocenters. The maximum absolute atomic E-state index is 11.6. The first kappa shape index (κ1) is 11.8. The van der Waals surface area contributed by atoms with Crippen molar-refractivity contribution >= 4 is 23.1 Å². The third-order valence-corrected chi connectivity index (χ3v) is 2.30. The van der Waals surface area contributed by atoms with Gasteiger partial charge < -0.3 is 11.1 Å². The second-order valence-corrected chi connectivity index (χ2v) is 3.66. The van der Waals surface area contributed by atoms with Crippen molar-refractivity contribution in [2.24, 2.45) is 0 Å². The van der Waals surface area contributed by atoms with Crippen LogP contribution in [0.2, 0.25) is 0 Å². The van der Waals surface area contributed by atoms with E-state index in [2.05, 4.69) is 16.2 Å². The summed E-state index contributed by atoms with van der Waals surface area (Å²) in [7, 11) is 0. The summed E-state index contributed by atoms with van der Waals surface area (Å²) in [6.45, 7) is 0. The topological polar surface area (TPSA) is 79.2 Å². The Kier molecular flexibility index (Phi) is 3.66. The summed E-state index contributed by atoms with van der Waals surface area (Å²) in [5.41, 5.74) is 12.9. The lowest BCUT2D eigenvalue weighted by Gasteiger charge is -2.11. The fourth-order valence-electron chi connectivity index (χ4n) is 1.42. The Morgan fingerprint density at radius 3 is 2.33 bits per heavy atom. The second kappa shape index (κ2) is 5.58. The molecule has 0 fully saturated rings. The molecular formula is C13H14N4O. The molecule has 0 radical (unpaired) electrons. The first-order valence-corrected chi connectivity index (χ1v) is 5.48. The highest BCUT2D eigenvalue weighted by atomic mass is 16.2. The number of rotatable bonds is 3. The van der Waals surface area contributed by atoms with Gasteiger partial charge in [0.1, 0.15) is 0 Å². The number of nitrogen functional groups attached to an aromatic ring is 1. The van der Waals surface area contributed by atoms with Gasteiger partial charge in [-0.25, -0.2) is 4.79 Å². The molecule has 5 heteroatoms. The Morgan fingerprint density at radius 1 is 0.944 bits per heavy atom. The number of hydrogen-bond acceptors (Lipinski definition) is 3. The highest BCUT2D eigenvalue weighted by molar-refractivity contribution is 5.90. The minimum absolute atomic E-state index is 0.357. The number of carbonyl (C=O) groups is 1. The van der Waals surface area contributed by atoms with E-state index in [-0.39, 0.29) is 6.03 Å². The standard InChI is InChI=1S/C13H14N4O/c14-11-8-4-5-9-12(11)16-17-13(18)15-10-6-2-1-3-7-10/h1-9,16H,14H2,(H2,15,17,18). The van der Waals surface area contributed by atoms with Crippen LogP contribution in [0.15, 0.2) is 54.6 Å². The van der Waals surface area contributed by atoms with Crippen LogP contribution in [0, 0.1) is 0 Å². The third-order valence-electron chi connectivity index (χ3n) is 2.30. The normalized spacial score (nSPS) is 9.56. The maximum Gasteiger partial charge on any atom is 0.337 e. The Morgan fingerprint density at radius 2 is 1.61 bits per heavy atom. The van der Waals surface area contributed by atoms with Crippen LogP contribution in [0.4, 0.5) is 21.9 Å². The fourth-order valence-corrected chi connectivity index (χ4v) is 1.42. The number of benzene rings is 2. The van der Waals surface area contributed by atoms with Crippen LogP contribution in [0.1, 0.15) is 0 Å². The van der Waals surface area contributed by atoms with Gasteiger partial charge in [0.2, 0.25) is 0 Å². The first-order chi connectivity index (χ1) is 8.75. The van der Waals surface area contributed by atoms with E-state index < -0.39 is 0 Å². The van der Waals surface area contributed by atoms with Crippen molar-refractivity contribution < 1.29 is 4.79 Å². The zero-order valence-corrected chi connectivity index (χ0v) is 9.68. The van der Waals surface area contributed by atoms with Crippen molar-refractivity contribution in [3.05, 3.63) is 54.6 Å². The Balaban J connectivity index is 1.88. The van der Waals surface area contributed by atoms with E-state index in [9.17, 15) is 4.79 Å². The average molecular weight is 242 g/mol. The summed E-state index contributed by atoms with van der Waals surface area (Å²) < 4.78 is 0. The SMILES string of the molecule is Nc1ccccc1NNC(=O)Nc1ccccc1. The Labute approximate surface area is 105 Å². The van der Waals surface area contributed by atoms with Gasteiger partial charge >= 0.3 is 6.03 Å². The van der Waals surface area contributed by atoms with E-state index in [1.807, 2.05) is 30.3 Å². The Bertz CT molecular complexity index is 528. The fraction of sp³-hybridized carbons (Fsp3) is 0. The van der Waals surface area contributed by atoms with E-state index in [1.54, 1.807) is 24.3 Å². The molecule has 2 amide bonds.